The highest BCUT2D eigenvalue weighted by molar-refractivity contribution is 5.80. The van der Waals surface area contributed by atoms with Crippen LogP contribution in [0.4, 0.5) is 0 Å². The summed E-state index contributed by atoms with van der Waals surface area (Å²) < 4.78 is 5.47. The number of hydrogen-bond donors (Lipinski definition) is 0. The summed E-state index contributed by atoms with van der Waals surface area (Å²) in [4.78, 5) is 13.8. The average molecular weight is 183 g/mol. The van der Waals surface area contributed by atoms with Gasteiger partial charge in [-0.3, -0.25) is 9.69 Å². The zero-order valence-corrected chi connectivity index (χ0v) is 8.32. The Bertz CT molecular complexity index is 199. The molecule has 2 aliphatic rings. The molecule has 2 bridgehead atoms. The van der Waals surface area contributed by atoms with Crippen molar-refractivity contribution in [3.63, 3.8) is 0 Å². The molecule has 2 aliphatic heterocycles. The molecule has 2 heterocycles. The molecule has 0 unspecified atom stereocenters. The number of carbonyl (C=O) groups excluding carboxylic acids is 1. The molecule has 3 heteroatoms. The van der Waals surface area contributed by atoms with Crippen LogP contribution < -0.4 is 0 Å². The second-order valence-electron chi connectivity index (χ2n) is 4.33. The fourth-order valence-corrected chi connectivity index (χ4v) is 2.59. The van der Waals surface area contributed by atoms with E-state index in [1.807, 2.05) is 0 Å². The lowest BCUT2D eigenvalue weighted by atomic mass is 9.92. The molecule has 0 aromatic rings. The van der Waals surface area contributed by atoms with Crippen molar-refractivity contribution >= 4 is 5.78 Å². The molecule has 74 valence electrons. The molecule has 0 saturated carbocycles. The van der Waals surface area contributed by atoms with Crippen LogP contribution in [-0.4, -0.2) is 42.0 Å². The van der Waals surface area contributed by atoms with Crippen molar-refractivity contribution in [2.45, 2.75) is 44.8 Å². The van der Waals surface area contributed by atoms with Gasteiger partial charge in [-0.05, 0) is 13.8 Å². The Morgan fingerprint density at radius 2 is 1.85 bits per heavy atom. The van der Waals surface area contributed by atoms with Gasteiger partial charge in [0.05, 0.1) is 13.2 Å². The Morgan fingerprint density at radius 3 is 2.31 bits per heavy atom. The Morgan fingerprint density at radius 1 is 1.31 bits per heavy atom. The van der Waals surface area contributed by atoms with Crippen LogP contribution in [0, 0.1) is 0 Å². The van der Waals surface area contributed by atoms with Crippen molar-refractivity contribution in [2.24, 2.45) is 0 Å². The van der Waals surface area contributed by atoms with Crippen LogP contribution in [0.2, 0.25) is 0 Å². The van der Waals surface area contributed by atoms with Gasteiger partial charge in [-0.25, -0.2) is 0 Å². The second-order valence-corrected chi connectivity index (χ2v) is 4.33. The van der Waals surface area contributed by atoms with Gasteiger partial charge < -0.3 is 4.74 Å². The lowest BCUT2D eigenvalue weighted by Gasteiger charge is -2.47. The molecule has 0 aromatic heterocycles. The van der Waals surface area contributed by atoms with E-state index in [9.17, 15) is 4.79 Å². The van der Waals surface area contributed by atoms with Crippen LogP contribution in [0.25, 0.3) is 0 Å². The van der Waals surface area contributed by atoms with Gasteiger partial charge in [-0.15, -0.1) is 0 Å². The molecule has 0 aliphatic carbocycles. The lowest BCUT2D eigenvalue weighted by molar-refractivity contribution is -0.138. The minimum Gasteiger partial charge on any atom is -0.378 e. The van der Waals surface area contributed by atoms with Gasteiger partial charge in [0.15, 0.2) is 0 Å². The number of rotatable bonds is 1. The van der Waals surface area contributed by atoms with Gasteiger partial charge in [0.2, 0.25) is 0 Å². The maximum atomic E-state index is 11.4. The first-order chi connectivity index (χ1) is 6.18. The Balaban J connectivity index is 2.14. The van der Waals surface area contributed by atoms with E-state index in [1.165, 1.54) is 0 Å². The summed E-state index contributed by atoms with van der Waals surface area (Å²) >= 11 is 0. The number of hydrogen-bond acceptors (Lipinski definition) is 3. The number of ether oxygens (including phenoxy) is 1. The fraction of sp³-hybridized carbons (Fsp3) is 0.900. The number of carbonyl (C=O) groups is 1. The van der Waals surface area contributed by atoms with Crippen molar-refractivity contribution in [3.8, 4) is 0 Å². The van der Waals surface area contributed by atoms with E-state index in [-0.39, 0.29) is 0 Å². The first kappa shape index (κ1) is 9.16. The topological polar surface area (TPSA) is 29.5 Å². The number of nitrogens with zero attached hydrogens (tertiary/aromatic N) is 1. The molecule has 0 N–H and O–H groups in total. The van der Waals surface area contributed by atoms with Crippen molar-refractivity contribution < 1.29 is 9.53 Å². The van der Waals surface area contributed by atoms with Crippen molar-refractivity contribution in [2.75, 3.05) is 13.2 Å². The van der Waals surface area contributed by atoms with Gasteiger partial charge >= 0.3 is 0 Å². The Labute approximate surface area is 79.0 Å². The predicted molar refractivity (Wildman–Crippen MR) is 49.6 cm³/mol. The maximum absolute atomic E-state index is 11.4. The largest absolute Gasteiger partial charge is 0.378 e. The molecule has 2 saturated heterocycles. The summed E-state index contributed by atoms with van der Waals surface area (Å²) in [6.45, 7) is 5.86. The zero-order chi connectivity index (χ0) is 9.42. The van der Waals surface area contributed by atoms with E-state index in [0.29, 0.717) is 36.8 Å². The van der Waals surface area contributed by atoms with Gasteiger partial charge in [0.1, 0.15) is 5.78 Å². The predicted octanol–water partition coefficient (Wildman–Crippen LogP) is 0.827. The van der Waals surface area contributed by atoms with E-state index in [4.69, 9.17) is 4.74 Å². The van der Waals surface area contributed by atoms with Gasteiger partial charge in [0, 0.05) is 31.0 Å². The van der Waals surface area contributed by atoms with E-state index in [0.717, 1.165) is 13.2 Å². The fourth-order valence-electron chi connectivity index (χ4n) is 2.59. The second kappa shape index (κ2) is 3.39. The number of piperidine rings is 1. The molecule has 2 fully saturated rings. The summed E-state index contributed by atoms with van der Waals surface area (Å²) in [6, 6.07) is 1.23. The normalized spacial score (nSPS) is 35.5. The van der Waals surface area contributed by atoms with Crippen LogP contribution in [0.5, 0.6) is 0 Å². The van der Waals surface area contributed by atoms with E-state index >= 15 is 0 Å². The van der Waals surface area contributed by atoms with Crippen LogP contribution in [0.3, 0.4) is 0 Å². The SMILES string of the molecule is CC(C)N1[C@@H]2COC[C@H]1CC(=O)C2. The number of morpholine rings is 1. The molecule has 3 nitrogen and oxygen atoms in total. The molecular weight excluding hydrogens is 166 g/mol. The molecule has 2 atom stereocenters. The summed E-state index contributed by atoms with van der Waals surface area (Å²) in [6.07, 6.45) is 1.38. The standard InChI is InChI=1S/C10H17NO2/c1-7(2)11-8-3-10(12)4-9(11)6-13-5-8/h7-9H,3-6H2,1-2H3/t8-,9+. The molecular formula is C10H17NO2. The first-order valence-electron chi connectivity index (χ1n) is 5.05. The summed E-state index contributed by atoms with van der Waals surface area (Å²) in [7, 11) is 0. The molecule has 0 spiro atoms. The van der Waals surface area contributed by atoms with E-state index in [1.54, 1.807) is 0 Å². The van der Waals surface area contributed by atoms with Gasteiger partial charge in [-0.2, -0.15) is 0 Å². The molecule has 13 heavy (non-hydrogen) atoms. The van der Waals surface area contributed by atoms with Crippen LogP contribution in [0.15, 0.2) is 0 Å². The minimum absolute atomic E-state index is 0.347. The highest BCUT2D eigenvalue weighted by Crippen LogP contribution is 2.27. The summed E-state index contributed by atoms with van der Waals surface area (Å²) in [5.41, 5.74) is 0. The van der Waals surface area contributed by atoms with Crippen LogP contribution in [0.1, 0.15) is 26.7 Å². The number of ketones is 1. The quantitative estimate of drug-likeness (QED) is 0.603. The van der Waals surface area contributed by atoms with E-state index in [2.05, 4.69) is 18.7 Å². The van der Waals surface area contributed by atoms with Gasteiger partial charge in [0.25, 0.3) is 0 Å². The van der Waals surface area contributed by atoms with Gasteiger partial charge in [-0.1, -0.05) is 0 Å². The summed E-state index contributed by atoms with van der Waals surface area (Å²) in [5.74, 6) is 0.412. The molecule has 0 amide bonds. The Hall–Kier alpha value is -0.410. The lowest BCUT2D eigenvalue weighted by Crippen LogP contribution is -2.59. The number of fused-ring (bicyclic) bond motifs is 2. The minimum atomic E-state index is 0.347. The molecule has 2 rings (SSSR count). The van der Waals surface area contributed by atoms with Crippen LogP contribution in [-0.2, 0) is 9.53 Å². The van der Waals surface area contributed by atoms with Crippen molar-refractivity contribution in [1.29, 1.82) is 0 Å². The third-order valence-corrected chi connectivity index (χ3v) is 2.99. The Kier molecular flexibility index (Phi) is 2.39. The van der Waals surface area contributed by atoms with Crippen molar-refractivity contribution in [3.05, 3.63) is 0 Å². The van der Waals surface area contributed by atoms with E-state index < -0.39 is 0 Å². The molecule has 0 aromatic carbocycles. The summed E-state index contributed by atoms with van der Waals surface area (Å²) in [5, 5.41) is 0. The highest BCUT2D eigenvalue weighted by atomic mass is 16.5. The highest BCUT2D eigenvalue weighted by Gasteiger charge is 2.39. The number of Topliss-reactive ketones (excluding diaryl/α,β-unsaturated/α-hetero) is 1. The molecule has 0 radical (unpaired) electrons. The average Bonchev–Trinajstić information content (AvgIpc) is 2.01. The zero-order valence-electron chi connectivity index (χ0n) is 8.32. The third kappa shape index (κ3) is 1.63. The smallest absolute Gasteiger partial charge is 0.136 e. The monoisotopic (exact) mass is 183 g/mol. The maximum Gasteiger partial charge on any atom is 0.136 e. The third-order valence-electron chi connectivity index (χ3n) is 2.99. The van der Waals surface area contributed by atoms with Crippen LogP contribution >= 0.6 is 0 Å². The van der Waals surface area contributed by atoms with Crippen molar-refractivity contribution in [1.82, 2.24) is 4.90 Å². The first-order valence-corrected chi connectivity index (χ1v) is 5.05.